The highest BCUT2D eigenvalue weighted by atomic mass is 16.5. The van der Waals surface area contributed by atoms with Crippen LogP contribution in [0.2, 0.25) is 0 Å². The van der Waals surface area contributed by atoms with E-state index in [-0.39, 0.29) is 11.9 Å². The van der Waals surface area contributed by atoms with Gasteiger partial charge in [0, 0.05) is 6.42 Å². The van der Waals surface area contributed by atoms with Gasteiger partial charge in [-0.05, 0) is 6.92 Å². The smallest absolute Gasteiger partial charge is 0.318 e. The molecule has 4 nitrogen and oxygen atoms in total. The summed E-state index contributed by atoms with van der Waals surface area (Å²) >= 11 is 0. The molecule has 1 saturated heterocycles. The van der Waals surface area contributed by atoms with Gasteiger partial charge in [0.25, 0.3) is 0 Å². The second-order valence-corrected chi connectivity index (χ2v) is 2.79. The summed E-state index contributed by atoms with van der Waals surface area (Å²) in [6.45, 7) is 2.12. The van der Waals surface area contributed by atoms with E-state index in [2.05, 4.69) is 4.74 Å². The fraction of sp³-hybridized carbons (Fsp3) is 0.750. The molecule has 1 fully saturated rings. The number of carbonyl (C=O) groups is 2. The third-order valence-electron chi connectivity index (χ3n) is 2.00. The fourth-order valence-electron chi connectivity index (χ4n) is 1.31. The first-order valence-corrected chi connectivity index (χ1v) is 3.89. The van der Waals surface area contributed by atoms with Gasteiger partial charge in [0.2, 0.25) is 0 Å². The number of hydrogen-bond acceptors (Lipinski definition) is 4. The summed E-state index contributed by atoms with van der Waals surface area (Å²) in [7, 11) is 1.27. The molecule has 0 amide bonds. The number of methoxy groups -OCH3 is 1. The third kappa shape index (κ3) is 1.64. The van der Waals surface area contributed by atoms with Crippen LogP contribution in [0.25, 0.3) is 0 Å². The lowest BCUT2D eigenvalue weighted by Crippen LogP contribution is -2.40. The molecule has 0 aromatic rings. The third-order valence-corrected chi connectivity index (χ3v) is 2.00. The van der Waals surface area contributed by atoms with E-state index < -0.39 is 11.9 Å². The summed E-state index contributed by atoms with van der Waals surface area (Å²) in [4.78, 5) is 22.3. The molecule has 1 aliphatic heterocycles. The summed E-state index contributed by atoms with van der Waals surface area (Å²) in [5.74, 6) is -1.29. The van der Waals surface area contributed by atoms with Crippen LogP contribution >= 0.6 is 0 Å². The van der Waals surface area contributed by atoms with Gasteiger partial charge in [-0.3, -0.25) is 9.59 Å². The van der Waals surface area contributed by atoms with E-state index in [4.69, 9.17) is 4.74 Å². The number of Topliss-reactive ketones (excluding diaryl/α,β-unsaturated/α-hetero) is 1. The monoisotopic (exact) mass is 172 g/mol. The average Bonchev–Trinajstić information content (AvgIpc) is 2.03. The molecule has 2 unspecified atom stereocenters. The molecule has 1 rings (SSSR count). The minimum Gasteiger partial charge on any atom is -0.468 e. The van der Waals surface area contributed by atoms with Crippen molar-refractivity contribution in [2.24, 2.45) is 5.92 Å². The van der Waals surface area contributed by atoms with Crippen LogP contribution in [0.4, 0.5) is 0 Å². The Hall–Kier alpha value is -0.900. The molecule has 0 radical (unpaired) electrons. The van der Waals surface area contributed by atoms with Crippen molar-refractivity contribution in [2.45, 2.75) is 19.4 Å². The topological polar surface area (TPSA) is 52.6 Å². The molecule has 0 N–H and O–H groups in total. The van der Waals surface area contributed by atoms with Crippen LogP contribution in [0.15, 0.2) is 0 Å². The Morgan fingerprint density at radius 2 is 2.33 bits per heavy atom. The zero-order chi connectivity index (χ0) is 9.14. The standard InChI is InChI=1S/C8H12O4/c1-5-7(8(10)11-2)6(9)3-4-12-5/h5,7H,3-4H2,1-2H3. The van der Waals surface area contributed by atoms with Gasteiger partial charge in [-0.25, -0.2) is 0 Å². The van der Waals surface area contributed by atoms with E-state index in [1.165, 1.54) is 7.11 Å². The van der Waals surface area contributed by atoms with E-state index in [1.807, 2.05) is 0 Å². The lowest BCUT2D eigenvalue weighted by molar-refractivity contribution is -0.160. The molecule has 0 bridgehead atoms. The number of rotatable bonds is 1. The molecule has 1 aliphatic rings. The van der Waals surface area contributed by atoms with Gasteiger partial charge in [0.1, 0.15) is 5.92 Å². The minimum absolute atomic E-state index is 0.0828. The lowest BCUT2D eigenvalue weighted by Gasteiger charge is -2.25. The zero-order valence-corrected chi connectivity index (χ0v) is 7.20. The molecule has 68 valence electrons. The maximum Gasteiger partial charge on any atom is 0.318 e. The number of carbonyl (C=O) groups excluding carboxylic acids is 2. The van der Waals surface area contributed by atoms with Crippen molar-refractivity contribution in [1.82, 2.24) is 0 Å². The van der Waals surface area contributed by atoms with Crippen molar-refractivity contribution >= 4 is 11.8 Å². The SMILES string of the molecule is COC(=O)C1C(=O)CCOC1C. The van der Waals surface area contributed by atoms with Crippen molar-refractivity contribution < 1.29 is 19.1 Å². The van der Waals surface area contributed by atoms with Crippen molar-refractivity contribution in [3.8, 4) is 0 Å². The van der Waals surface area contributed by atoms with Crippen LogP contribution in [0.1, 0.15) is 13.3 Å². The van der Waals surface area contributed by atoms with Crippen LogP contribution in [0, 0.1) is 5.92 Å². The predicted molar refractivity (Wildman–Crippen MR) is 40.5 cm³/mol. The summed E-state index contributed by atoms with van der Waals surface area (Å²) in [5, 5.41) is 0. The molecule has 0 saturated carbocycles. The fourth-order valence-corrected chi connectivity index (χ4v) is 1.31. The Morgan fingerprint density at radius 3 is 2.83 bits per heavy atom. The second-order valence-electron chi connectivity index (χ2n) is 2.79. The van der Waals surface area contributed by atoms with E-state index in [1.54, 1.807) is 6.92 Å². The lowest BCUT2D eigenvalue weighted by atomic mass is 9.94. The predicted octanol–water partition coefficient (Wildman–Crippen LogP) is 0.153. The summed E-state index contributed by atoms with van der Waals surface area (Å²) in [6, 6.07) is 0. The van der Waals surface area contributed by atoms with Gasteiger partial charge in [-0.1, -0.05) is 0 Å². The second kappa shape index (κ2) is 3.67. The Balaban J connectivity index is 2.69. The van der Waals surface area contributed by atoms with Gasteiger partial charge in [-0.15, -0.1) is 0 Å². The Kier molecular flexibility index (Phi) is 2.81. The minimum atomic E-state index is -0.719. The van der Waals surface area contributed by atoms with Crippen LogP contribution in [0.3, 0.4) is 0 Å². The Morgan fingerprint density at radius 1 is 1.67 bits per heavy atom. The first-order chi connectivity index (χ1) is 5.66. The van der Waals surface area contributed by atoms with E-state index in [9.17, 15) is 9.59 Å². The molecular weight excluding hydrogens is 160 g/mol. The van der Waals surface area contributed by atoms with Gasteiger partial charge in [-0.2, -0.15) is 0 Å². The number of ketones is 1. The van der Waals surface area contributed by atoms with Crippen molar-refractivity contribution in [1.29, 1.82) is 0 Å². The normalized spacial score (nSPS) is 30.0. The van der Waals surface area contributed by atoms with Crippen molar-refractivity contribution in [3.63, 3.8) is 0 Å². The number of hydrogen-bond donors (Lipinski definition) is 0. The van der Waals surface area contributed by atoms with Crippen LogP contribution in [-0.2, 0) is 19.1 Å². The van der Waals surface area contributed by atoms with E-state index in [0.717, 1.165) is 0 Å². The molecule has 0 aromatic carbocycles. The molecule has 4 heteroatoms. The average molecular weight is 172 g/mol. The summed E-state index contributed by atoms with van der Waals surface area (Å²) in [5.41, 5.74) is 0. The molecule has 0 aromatic heterocycles. The Bertz CT molecular complexity index is 191. The quantitative estimate of drug-likeness (QED) is 0.417. The molecule has 1 heterocycles. The first kappa shape index (κ1) is 9.19. The highest BCUT2D eigenvalue weighted by Crippen LogP contribution is 2.18. The maximum absolute atomic E-state index is 11.2. The molecule has 2 atom stereocenters. The van der Waals surface area contributed by atoms with E-state index >= 15 is 0 Å². The number of esters is 1. The Labute approximate surface area is 70.8 Å². The summed E-state index contributed by atoms with van der Waals surface area (Å²) in [6.07, 6.45) is -0.0388. The molecule has 0 aliphatic carbocycles. The van der Waals surface area contributed by atoms with Crippen LogP contribution in [0.5, 0.6) is 0 Å². The summed E-state index contributed by atoms with van der Waals surface area (Å²) < 4.78 is 9.65. The first-order valence-electron chi connectivity index (χ1n) is 3.89. The maximum atomic E-state index is 11.2. The number of ether oxygens (including phenoxy) is 2. The van der Waals surface area contributed by atoms with Gasteiger partial charge in [0.05, 0.1) is 19.8 Å². The molecular formula is C8H12O4. The highest BCUT2D eigenvalue weighted by Gasteiger charge is 2.36. The van der Waals surface area contributed by atoms with Crippen LogP contribution in [-0.4, -0.2) is 31.6 Å². The van der Waals surface area contributed by atoms with Crippen molar-refractivity contribution in [2.75, 3.05) is 13.7 Å². The van der Waals surface area contributed by atoms with Crippen LogP contribution < -0.4 is 0 Å². The van der Waals surface area contributed by atoms with Gasteiger partial charge >= 0.3 is 5.97 Å². The largest absolute Gasteiger partial charge is 0.468 e. The van der Waals surface area contributed by atoms with Gasteiger partial charge in [0.15, 0.2) is 5.78 Å². The van der Waals surface area contributed by atoms with E-state index in [0.29, 0.717) is 13.0 Å². The highest BCUT2D eigenvalue weighted by molar-refractivity contribution is 6.00. The molecule has 0 spiro atoms. The van der Waals surface area contributed by atoms with Gasteiger partial charge < -0.3 is 9.47 Å². The zero-order valence-electron chi connectivity index (χ0n) is 7.20. The molecule has 12 heavy (non-hydrogen) atoms. The van der Waals surface area contributed by atoms with Crippen molar-refractivity contribution in [3.05, 3.63) is 0 Å².